The Balaban J connectivity index is 1.56. The van der Waals surface area contributed by atoms with Gasteiger partial charge in [-0.1, -0.05) is 42.0 Å². The number of ether oxygens (including phenoxy) is 1. The topological polar surface area (TPSA) is 94.8 Å². The van der Waals surface area contributed by atoms with Crippen LogP contribution in [0.4, 0.5) is 5.82 Å². The monoisotopic (exact) mass is 440 g/mol. The molecule has 0 saturated carbocycles. The summed E-state index contributed by atoms with van der Waals surface area (Å²) < 4.78 is 7.14. The van der Waals surface area contributed by atoms with Gasteiger partial charge in [-0.2, -0.15) is 14.9 Å². The Kier molecular flexibility index (Phi) is 5.34. The molecule has 0 unspecified atom stereocenters. The van der Waals surface area contributed by atoms with Crippen LogP contribution in [0.1, 0.15) is 41.6 Å². The summed E-state index contributed by atoms with van der Waals surface area (Å²) in [6.45, 7) is 6.53. The molecule has 0 fully saturated rings. The van der Waals surface area contributed by atoms with E-state index in [-0.39, 0.29) is 11.8 Å². The fourth-order valence-corrected chi connectivity index (χ4v) is 4.19. The maximum absolute atomic E-state index is 12.7. The van der Waals surface area contributed by atoms with Gasteiger partial charge in [-0.25, -0.2) is 4.98 Å². The van der Waals surface area contributed by atoms with Crippen LogP contribution in [-0.2, 0) is 4.79 Å². The van der Waals surface area contributed by atoms with Gasteiger partial charge in [0, 0.05) is 23.5 Å². The molecule has 0 spiro atoms. The van der Waals surface area contributed by atoms with Gasteiger partial charge < -0.3 is 10.1 Å². The third-order valence-corrected chi connectivity index (χ3v) is 5.78. The van der Waals surface area contributed by atoms with E-state index in [2.05, 4.69) is 25.6 Å². The van der Waals surface area contributed by atoms with Crippen molar-refractivity contribution in [2.75, 3.05) is 11.9 Å². The van der Waals surface area contributed by atoms with E-state index in [1.54, 1.807) is 10.9 Å². The quantitative estimate of drug-likeness (QED) is 0.499. The van der Waals surface area contributed by atoms with Gasteiger partial charge in [-0.3, -0.25) is 4.79 Å². The maximum Gasteiger partial charge on any atom is 0.272 e. The Labute approximate surface area is 191 Å². The average Bonchev–Trinajstić information content (AvgIpc) is 3.16. The second-order valence-electron chi connectivity index (χ2n) is 8.07. The highest BCUT2D eigenvalue weighted by molar-refractivity contribution is 5.95. The molecule has 166 valence electrons. The van der Waals surface area contributed by atoms with Gasteiger partial charge in [0.2, 0.25) is 5.91 Å². The SMILES string of the molecule is CCOc1ccc([C@@H]2CC(=O)Nc3c2c(C)nn3-c2nncc(-c3ccc(C)cc3)n2)cc1. The van der Waals surface area contributed by atoms with Crippen LogP contribution in [0.3, 0.4) is 0 Å². The third-order valence-electron chi connectivity index (χ3n) is 5.78. The lowest BCUT2D eigenvalue weighted by atomic mass is 9.86. The Morgan fingerprint density at radius 3 is 2.58 bits per heavy atom. The van der Waals surface area contributed by atoms with E-state index in [1.165, 1.54) is 5.56 Å². The Hall–Kier alpha value is -4.07. The molecule has 8 nitrogen and oxygen atoms in total. The van der Waals surface area contributed by atoms with Crippen molar-refractivity contribution >= 4 is 11.7 Å². The van der Waals surface area contributed by atoms with Crippen molar-refractivity contribution in [1.29, 1.82) is 0 Å². The van der Waals surface area contributed by atoms with E-state index in [9.17, 15) is 4.79 Å². The molecule has 2 aromatic carbocycles. The summed E-state index contributed by atoms with van der Waals surface area (Å²) in [7, 11) is 0. The van der Waals surface area contributed by atoms with Gasteiger partial charge in [0.1, 0.15) is 11.6 Å². The number of nitrogens with zero attached hydrogens (tertiary/aromatic N) is 5. The molecule has 0 aliphatic carbocycles. The van der Waals surface area contributed by atoms with E-state index in [4.69, 9.17) is 4.74 Å². The van der Waals surface area contributed by atoms with Crippen LogP contribution in [0.2, 0.25) is 0 Å². The summed E-state index contributed by atoms with van der Waals surface area (Å²) in [5.74, 6) is 1.51. The number of benzene rings is 2. The van der Waals surface area contributed by atoms with Crippen molar-refractivity contribution in [2.24, 2.45) is 0 Å². The summed E-state index contributed by atoms with van der Waals surface area (Å²) in [4.78, 5) is 17.3. The average molecular weight is 441 g/mol. The van der Waals surface area contributed by atoms with Crippen molar-refractivity contribution in [3.8, 4) is 23.0 Å². The molecule has 1 aliphatic heterocycles. The normalized spacial score (nSPS) is 15.1. The number of amides is 1. The summed E-state index contributed by atoms with van der Waals surface area (Å²) in [5.41, 5.74) is 5.60. The lowest BCUT2D eigenvalue weighted by Gasteiger charge is -2.24. The second kappa shape index (κ2) is 8.46. The number of hydrogen-bond donors (Lipinski definition) is 1. The van der Waals surface area contributed by atoms with E-state index < -0.39 is 0 Å². The van der Waals surface area contributed by atoms with Crippen molar-refractivity contribution in [3.63, 3.8) is 0 Å². The Morgan fingerprint density at radius 1 is 1.09 bits per heavy atom. The second-order valence-corrected chi connectivity index (χ2v) is 8.07. The first-order valence-electron chi connectivity index (χ1n) is 10.9. The molecule has 1 amide bonds. The van der Waals surface area contributed by atoms with E-state index >= 15 is 0 Å². The first-order chi connectivity index (χ1) is 16.0. The number of anilines is 1. The number of aromatic nitrogens is 5. The van der Waals surface area contributed by atoms with Crippen LogP contribution in [0, 0.1) is 13.8 Å². The highest BCUT2D eigenvalue weighted by Crippen LogP contribution is 2.40. The van der Waals surface area contributed by atoms with Crippen molar-refractivity contribution in [3.05, 3.63) is 77.1 Å². The fourth-order valence-electron chi connectivity index (χ4n) is 4.19. The molecule has 2 aromatic heterocycles. The smallest absolute Gasteiger partial charge is 0.272 e. The first-order valence-corrected chi connectivity index (χ1v) is 10.9. The maximum atomic E-state index is 12.7. The number of aryl methyl sites for hydroxylation is 2. The number of hydrogen-bond acceptors (Lipinski definition) is 6. The van der Waals surface area contributed by atoms with Crippen molar-refractivity contribution < 1.29 is 9.53 Å². The lowest BCUT2D eigenvalue weighted by molar-refractivity contribution is -0.116. The number of carbonyl (C=O) groups excluding carboxylic acids is 1. The van der Waals surface area contributed by atoms with Gasteiger partial charge in [0.05, 0.1) is 24.2 Å². The summed E-state index contributed by atoms with van der Waals surface area (Å²) in [6, 6.07) is 15.9. The standard InChI is InChI=1S/C25H24N6O2/c1-4-33-19-11-9-17(10-12-19)20-13-22(32)28-24-23(20)16(3)30-31(24)25-27-21(14-26-29-25)18-7-5-15(2)6-8-18/h5-12,14,20H,4,13H2,1-3H3,(H,28,32)/t20-/m0/s1. The molecular formula is C25H24N6O2. The van der Waals surface area contributed by atoms with E-state index in [0.717, 1.165) is 28.1 Å². The van der Waals surface area contributed by atoms with Gasteiger partial charge in [0.25, 0.3) is 5.95 Å². The third kappa shape index (κ3) is 3.95. The largest absolute Gasteiger partial charge is 0.494 e. The molecule has 4 aromatic rings. The molecule has 1 atom stereocenters. The Bertz CT molecular complexity index is 1310. The minimum Gasteiger partial charge on any atom is -0.494 e. The zero-order chi connectivity index (χ0) is 22.9. The molecule has 5 rings (SSSR count). The van der Waals surface area contributed by atoms with Crippen LogP contribution < -0.4 is 10.1 Å². The highest BCUT2D eigenvalue weighted by atomic mass is 16.5. The van der Waals surface area contributed by atoms with Crippen LogP contribution in [0.5, 0.6) is 5.75 Å². The minimum atomic E-state index is -0.119. The van der Waals surface area contributed by atoms with Gasteiger partial charge in [-0.15, -0.1) is 5.10 Å². The molecule has 8 heteroatoms. The van der Waals surface area contributed by atoms with E-state index in [1.807, 2.05) is 69.3 Å². The van der Waals surface area contributed by atoms with Crippen LogP contribution >= 0.6 is 0 Å². The molecule has 3 heterocycles. The van der Waals surface area contributed by atoms with Gasteiger partial charge in [0.15, 0.2) is 0 Å². The molecule has 33 heavy (non-hydrogen) atoms. The summed E-state index contributed by atoms with van der Waals surface area (Å²) in [5, 5.41) is 16.0. The molecule has 0 bridgehead atoms. The highest BCUT2D eigenvalue weighted by Gasteiger charge is 2.33. The fraction of sp³-hybridized carbons (Fsp3) is 0.240. The molecule has 0 saturated heterocycles. The van der Waals surface area contributed by atoms with Crippen molar-refractivity contribution in [2.45, 2.75) is 33.1 Å². The van der Waals surface area contributed by atoms with Crippen molar-refractivity contribution in [1.82, 2.24) is 25.0 Å². The molecule has 1 aliphatic rings. The van der Waals surface area contributed by atoms with Gasteiger partial charge in [-0.05, 0) is 38.5 Å². The Morgan fingerprint density at radius 2 is 1.85 bits per heavy atom. The minimum absolute atomic E-state index is 0.0785. The summed E-state index contributed by atoms with van der Waals surface area (Å²) in [6.07, 6.45) is 1.97. The number of rotatable bonds is 5. The van der Waals surface area contributed by atoms with Gasteiger partial charge >= 0.3 is 0 Å². The predicted molar refractivity (Wildman–Crippen MR) is 125 cm³/mol. The zero-order valence-electron chi connectivity index (χ0n) is 18.7. The van der Waals surface area contributed by atoms with Crippen LogP contribution in [0.25, 0.3) is 17.2 Å². The summed E-state index contributed by atoms with van der Waals surface area (Å²) >= 11 is 0. The zero-order valence-corrected chi connectivity index (χ0v) is 18.7. The van der Waals surface area contributed by atoms with E-state index in [0.29, 0.717) is 30.5 Å². The first kappa shape index (κ1) is 20.8. The molecule has 1 N–H and O–H groups in total. The molecular weight excluding hydrogens is 416 g/mol. The van der Waals surface area contributed by atoms with Crippen LogP contribution in [0.15, 0.2) is 54.7 Å². The lowest BCUT2D eigenvalue weighted by Crippen LogP contribution is -2.25. The number of nitrogens with one attached hydrogen (secondary N) is 1. The number of fused-ring (bicyclic) bond motifs is 1. The predicted octanol–water partition coefficient (Wildman–Crippen LogP) is 4.21. The van der Waals surface area contributed by atoms with Crippen LogP contribution in [-0.4, -0.2) is 37.5 Å². The molecule has 0 radical (unpaired) electrons. The number of carbonyl (C=O) groups is 1.